The Morgan fingerprint density at radius 2 is 2.15 bits per heavy atom. The predicted octanol–water partition coefficient (Wildman–Crippen LogP) is 3.39. The van der Waals surface area contributed by atoms with Crippen molar-refractivity contribution in [2.24, 2.45) is 5.92 Å². The second-order valence-corrected chi connectivity index (χ2v) is 5.81. The molecule has 1 aromatic carbocycles. The summed E-state index contributed by atoms with van der Waals surface area (Å²) in [5.74, 6) is 1.54. The third-order valence-corrected chi connectivity index (χ3v) is 4.37. The zero-order chi connectivity index (χ0) is 14.7. The van der Waals surface area contributed by atoms with E-state index >= 15 is 0 Å². The molecular formula is C17H27NO2. The number of hydrogen-bond acceptors (Lipinski definition) is 3. The van der Waals surface area contributed by atoms with Crippen LogP contribution in [-0.4, -0.2) is 26.4 Å². The molecule has 1 N–H and O–H groups in total. The van der Waals surface area contributed by atoms with E-state index in [1.54, 1.807) is 7.11 Å². The Balaban J connectivity index is 2.36. The van der Waals surface area contributed by atoms with E-state index in [4.69, 9.17) is 9.47 Å². The molecule has 0 aliphatic carbocycles. The van der Waals surface area contributed by atoms with Crippen LogP contribution in [0.3, 0.4) is 0 Å². The van der Waals surface area contributed by atoms with Crippen molar-refractivity contribution in [2.75, 3.05) is 20.3 Å². The van der Waals surface area contributed by atoms with Crippen molar-refractivity contribution in [3.63, 3.8) is 0 Å². The van der Waals surface area contributed by atoms with Gasteiger partial charge in [-0.1, -0.05) is 19.1 Å². The molecule has 3 atom stereocenters. The highest BCUT2D eigenvalue weighted by molar-refractivity contribution is 5.47. The van der Waals surface area contributed by atoms with Gasteiger partial charge in [0.05, 0.1) is 19.8 Å². The van der Waals surface area contributed by atoms with Crippen LogP contribution in [0.4, 0.5) is 0 Å². The molecule has 0 amide bonds. The van der Waals surface area contributed by atoms with E-state index in [0.717, 1.165) is 25.3 Å². The summed E-state index contributed by atoms with van der Waals surface area (Å²) in [6.45, 7) is 10.3. The van der Waals surface area contributed by atoms with Crippen molar-refractivity contribution < 1.29 is 9.47 Å². The molecule has 1 aromatic rings. The molecule has 3 heteroatoms. The van der Waals surface area contributed by atoms with E-state index in [9.17, 15) is 0 Å². The van der Waals surface area contributed by atoms with Gasteiger partial charge in [-0.05, 0) is 44.9 Å². The first kappa shape index (κ1) is 15.3. The fraction of sp³-hybridized carbons (Fsp3) is 0.647. The monoisotopic (exact) mass is 277 g/mol. The summed E-state index contributed by atoms with van der Waals surface area (Å²) in [6.07, 6.45) is 1.46. The highest BCUT2D eigenvalue weighted by Gasteiger charge is 2.32. The van der Waals surface area contributed by atoms with Crippen LogP contribution in [0, 0.1) is 19.8 Å². The zero-order valence-electron chi connectivity index (χ0n) is 13.3. The first-order valence-corrected chi connectivity index (χ1v) is 7.57. The minimum absolute atomic E-state index is 0.305. The van der Waals surface area contributed by atoms with Crippen LogP contribution in [0.2, 0.25) is 0 Å². The van der Waals surface area contributed by atoms with Crippen molar-refractivity contribution >= 4 is 0 Å². The van der Waals surface area contributed by atoms with Crippen molar-refractivity contribution in [1.82, 2.24) is 5.32 Å². The molecule has 112 valence electrons. The molecule has 3 nitrogen and oxygen atoms in total. The van der Waals surface area contributed by atoms with Crippen LogP contribution in [0.15, 0.2) is 12.1 Å². The summed E-state index contributed by atoms with van der Waals surface area (Å²) < 4.78 is 11.5. The first-order chi connectivity index (χ1) is 9.58. The molecule has 0 bridgehead atoms. The molecule has 0 saturated carbocycles. The molecule has 0 spiro atoms. The number of hydrogen-bond donors (Lipinski definition) is 1. The summed E-state index contributed by atoms with van der Waals surface area (Å²) in [7, 11) is 1.77. The smallest absolute Gasteiger partial charge is 0.126 e. The molecule has 2 rings (SSSR count). The Morgan fingerprint density at radius 3 is 2.70 bits per heavy atom. The van der Waals surface area contributed by atoms with E-state index in [-0.39, 0.29) is 0 Å². The van der Waals surface area contributed by atoms with Gasteiger partial charge in [-0.3, -0.25) is 0 Å². The Labute approximate surface area is 122 Å². The average Bonchev–Trinajstić information content (AvgIpc) is 2.86. The molecule has 1 heterocycles. The van der Waals surface area contributed by atoms with Crippen molar-refractivity contribution in [2.45, 2.75) is 46.3 Å². The fourth-order valence-electron chi connectivity index (χ4n) is 3.16. The van der Waals surface area contributed by atoms with E-state index in [1.165, 1.54) is 16.7 Å². The second kappa shape index (κ2) is 6.59. The lowest BCUT2D eigenvalue weighted by Crippen LogP contribution is -2.29. The molecule has 20 heavy (non-hydrogen) atoms. The molecule has 1 fully saturated rings. The number of methoxy groups -OCH3 is 1. The minimum atomic E-state index is 0.305. The highest BCUT2D eigenvalue weighted by Crippen LogP contribution is 2.38. The molecule has 3 unspecified atom stereocenters. The van der Waals surface area contributed by atoms with Gasteiger partial charge in [-0.2, -0.15) is 0 Å². The average molecular weight is 277 g/mol. The topological polar surface area (TPSA) is 30.5 Å². The number of benzene rings is 1. The summed E-state index contributed by atoms with van der Waals surface area (Å²) in [6, 6.07) is 4.70. The van der Waals surface area contributed by atoms with Gasteiger partial charge in [0, 0.05) is 17.5 Å². The van der Waals surface area contributed by atoms with E-state index < -0.39 is 0 Å². The maximum atomic E-state index is 5.76. The van der Waals surface area contributed by atoms with E-state index in [0.29, 0.717) is 18.1 Å². The third-order valence-electron chi connectivity index (χ3n) is 4.37. The summed E-state index contributed by atoms with van der Waals surface area (Å²) in [5, 5.41) is 3.62. The van der Waals surface area contributed by atoms with E-state index in [2.05, 4.69) is 45.1 Å². The highest BCUT2D eigenvalue weighted by atomic mass is 16.5. The van der Waals surface area contributed by atoms with Gasteiger partial charge in [0.25, 0.3) is 0 Å². The number of aryl methyl sites for hydroxylation is 1. The summed E-state index contributed by atoms with van der Waals surface area (Å²) >= 11 is 0. The Hall–Kier alpha value is -1.06. The lowest BCUT2D eigenvalue weighted by atomic mass is 9.88. The van der Waals surface area contributed by atoms with Gasteiger partial charge in [0.15, 0.2) is 0 Å². The van der Waals surface area contributed by atoms with Crippen molar-refractivity contribution in [3.05, 3.63) is 28.8 Å². The largest absolute Gasteiger partial charge is 0.496 e. The van der Waals surface area contributed by atoms with Gasteiger partial charge >= 0.3 is 0 Å². The summed E-state index contributed by atoms with van der Waals surface area (Å²) in [5.41, 5.74) is 3.77. The lowest BCUT2D eigenvalue weighted by molar-refractivity contribution is 0.117. The van der Waals surface area contributed by atoms with Crippen molar-refractivity contribution in [3.8, 4) is 5.75 Å². The minimum Gasteiger partial charge on any atom is -0.496 e. The number of rotatable bonds is 5. The van der Waals surface area contributed by atoms with Crippen LogP contribution in [-0.2, 0) is 4.74 Å². The maximum absolute atomic E-state index is 5.76. The lowest BCUT2D eigenvalue weighted by Gasteiger charge is -2.27. The van der Waals surface area contributed by atoms with Gasteiger partial charge in [0.1, 0.15) is 5.75 Å². The van der Waals surface area contributed by atoms with Crippen molar-refractivity contribution in [1.29, 1.82) is 0 Å². The molecular weight excluding hydrogens is 250 g/mol. The maximum Gasteiger partial charge on any atom is 0.126 e. The Kier molecular flexibility index (Phi) is 5.06. The van der Waals surface area contributed by atoms with Crippen LogP contribution in [0.25, 0.3) is 0 Å². The molecule has 1 saturated heterocycles. The number of nitrogens with one attached hydrogen (secondary N) is 1. The SMILES string of the molecule is CCNC(c1ccc(C)c(C)c1OC)C1COC(C)C1. The van der Waals surface area contributed by atoms with Gasteiger partial charge in [-0.25, -0.2) is 0 Å². The Bertz CT molecular complexity index is 459. The fourth-order valence-corrected chi connectivity index (χ4v) is 3.16. The van der Waals surface area contributed by atoms with Crippen LogP contribution < -0.4 is 10.1 Å². The van der Waals surface area contributed by atoms with Crippen LogP contribution in [0.5, 0.6) is 5.75 Å². The van der Waals surface area contributed by atoms with E-state index in [1.807, 2.05) is 0 Å². The second-order valence-electron chi connectivity index (χ2n) is 5.81. The molecule has 0 radical (unpaired) electrons. The van der Waals surface area contributed by atoms with Crippen LogP contribution in [0.1, 0.15) is 43.0 Å². The van der Waals surface area contributed by atoms with Crippen LogP contribution >= 0.6 is 0 Å². The van der Waals surface area contributed by atoms with Gasteiger partial charge < -0.3 is 14.8 Å². The molecule has 1 aliphatic rings. The van der Waals surface area contributed by atoms with Gasteiger partial charge in [0.2, 0.25) is 0 Å². The molecule has 1 aliphatic heterocycles. The normalized spacial score (nSPS) is 23.9. The number of ether oxygens (including phenoxy) is 2. The summed E-state index contributed by atoms with van der Waals surface area (Å²) in [4.78, 5) is 0. The molecule has 0 aromatic heterocycles. The Morgan fingerprint density at radius 1 is 1.40 bits per heavy atom. The third kappa shape index (κ3) is 2.99. The zero-order valence-corrected chi connectivity index (χ0v) is 13.3. The first-order valence-electron chi connectivity index (χ1n) is 7.57. The predicted molar refractivity (Wildman–Crippen MR) is 82.4 cm³/mol. The quantitative estimate of drug-likeness (QED) is 0.895. The standard InChI is InChI=1S/C17H27NO2/c1-6-18-16(14-9-12(3)20-10-14)15-8-7-11(2)13(4)17(15)19-5/h7-8,12,14,16,18H,6,9-10H2,1-5H3. The van der Waals surface area contributed by atoms with Gasteiger partial charge in [-0.15, -0.1) is 0 Å².